The van der Waals surface area contributed by atoms with Gasteiger partial charge in [-0.25, -0.2) is 0 Å². The van der Waals surface area contributed by atoms with E-state index in [9.17, 15) is 4.79 Å². The van der Waals surface area contributed by atoms with Gasteiger partial charge in [0.05, 0.1) is 13.2 Å². The number of nitrogens with two attached hydrogens (primary N) is 1. The van der Waals surface area contributed by atoms with Crippen molar-refractivity contribution >= 4 is 5.91 Å². The predicted octanol–water partition coefficient (Wildman–Crippen LogP) is -1.28. The maximum atomic E-state index is 10.8. The second kappa shape index (κ2) is 8.45. The molecule has 0 saturated carbocycles. The molecule has 0 fully saturated rings. The molecule has 12 heavy (non-hydrogen) atoms. The molecule has 0 rings (SSSR count). The lowest BCUT2D eigenvalue weighted by Gasteiger charge is -2.03. The van der Waals surface area contributed by atoms with E-state index in [4.69, 9.17) is 15.2 Å². The Morgan fingerprint density at radius 2 is 2.25 bits per heavy atom. The van der Waals surface area contributed by atoms with E-state index in [1.54, 1.807) is 7.11 Å². The van der Waals surface area contributed by atoms with Gasteiger partial charge in [0.25, 0.3) is 0 Å². The van der Waals surface area contributed by atoms with Crippen LogP contribution in [0.3, 0.4) is 0 Å². The van der Waals surface area contributed by atoms with Crippen LogP contribution in [-0.2, 0) is 14.3 Å². The molecule has 72 valence electrons. The Labute approximate surface area is 72.2 Å². The summed E-state index contributed by atoms with van der Waals surface area (Å²) in [6.07, 6.45) is 0. The van der Waals surface area contributed by atoms with Gasteiger partial charge in [-0.15, -0.1) is 0 Å². The van der Waals surface area contributed by atoms with Crippen LogP contribution in [-0.4, -0.2) is 45.9 Å². The zero-order valence-electron chi connectivity index (χ0n) is 7.34. The van der Waals surface area contributed by atoms with Crippen LogP contribution in [0.15, 0.2) is 0 Å². The van der Waals surface area contributed by atoms with Crippen molar-refractivity contribution in [3.05, 3.63) is 0 Å². The van der Waals surface area contributed by atoms with Crippen LogP contribution < -0.4 is 11.1 Å². The number of rotatable bonds is 7. The Balaban J connectivity index is 3.08. The highest BCUT2D eigenvalue weighted by atomic mass is 16.5. The Morgan fingerprint density at radius 1 is 1.50 bits per heavy atom. The maximum Gasteiger partial charge on any atom is 0.246 e. The molecule has 0 bridgehead atoms. The van der Waals surface area contributed by atoms with Crippen molar-refractivity contribution in [3.63, 3.8) is 0 Å². The van der Waals surface area contributed by atoms with Crippen LogP contribution in [0.4, 0.5) is 0 Å². The van der Waals surface area contributed by atoms with Gasteiger partial charge in [0, 0.05) is 20.2 Å². The largest absolute Gasteiger partial charge is 0.382 e. The number of nitrogens with one attached hydrogen (secondary N) is 1. The summed E-state index contributed by atoms with van der Waals surface area (Å²) in [7, 11) is 1.58. The summed E-state index contributed by atoms with van der Waals surface area (Å²) in [6, 6.07) is 0. The van der Waals surface area contributed by atoms with Crippen LogP contribution in [0.25, 0.3) is 0 Å². The molecule has 0 unspecified atom stereocenters. The number of hydrogen-bond donors (Lipinski definition) is 2. The summed E-state index contributed by atoms with van der Waals surface area (Å²) in [4.78, 5) is 10.8. The third-order valence-electron chi connectivity index (χ3n) is 1.13. The molecule has 5 nitrogen and oxygen atoms in total. The monoisotopic (exact) mass is 176 g/mol. The first-order valence-electron chi connectivity index (χ1n) is 3.84. The number of carbonyl (C=O) groups excluding carboxylic acids is 1. The fourth-order valence-corrected chi connectivity index (χ4v) is 0.570. The van der Waals surface area contributed by atoms with Crippen molar-refractivity contribution < 1.29 is 14.3 Å². The molecule has 5 heteroatoms. The molecule has 0 aliphatic heterocycles. The van der Waals surface area contributed by atoms with E-state index in [-0.39, 0.29) is 12.5 Å². The van der Waals surface area contributed by atoms with Crippen molar-refractivity contribution in [1.29, 1.82) is 0 Å². The molecule has 0 aromatic heterocycles. The van der Waals surface area contributed by atoms with E-state index >= 15 is 0 Å². The molecule has 0 radical (unpaired) electrons. The molecular weight excluding hydrogens is 160 g/mol. The third-order valence-corrected chi connectivity index (χ3v) is 1.13. The Morgan fingerprint density at radius 3 is 2.83 bits per heavy atom. The summed E-state index contributed by atoms with van der Waals surface area (Å²) in [5.41, 5.74) is 5.18. The molecule has 0 aliphatic rings. The quantitative estimate of drug-likeness (QED) is 0.474. The first kappa shape index (κ1) is 11.4. The molecular formula is C7H16N2O3. The minimum Gasteiger partial charge on any atom is -0.382 e. The molecule has 0 heterocycles. The van der Waals surface area contributed by atoms with Gasteiger partial charge in [0.2, 0.25) is 5.91 Å². The third kappa shape index (κ3) is 7.46. The highest BCUT2D eigenvalue weighted by Crippen LogP contribution is 1.75. The number of hydrogen-bond acceptors (Lipinski definition) is 4. The van der Waals surface area contributed by atoms with Gasteiger partial charge in [0.15, 0.2) is 0 Å². The summed E-state index contributed by atoms with van der Waals surface area (Å²) in [6.45, 7) is 1.95. The minimum atomic E-state index is -0.142. The topological polar surface area (TPSA) is 73.6 Å². The SMILES string of the molecule is COCCOCC(=O)NCCN. The second-order valence-electron chi connectivity index (χ2n) is 2.18. The molecule has 3 N–H and O–H groups in total. The van der Waals surface area contributed by atoms with Crippen LogP contribution in [0.5, 0.6) is 0 Å². The number of carbonyl (C=O) groups is 1. The zero-order valence-corrected chi connectivity index (χ0v) is 7.34. The number of ether oxygens (including phenoxy) is 2. The highest BCUT2D eigenvalue weighted by Gasteiger charge is 1.98. The fraction of sp³-hybridized carbons (Fsp3) is 0.857. The van der Waals surface area contributed by atoms with Crippen LogP contribution in [0.2, 0.25) is 0 Å². The van der Waals surface area contributed by atoms with Crippen molar-refractivity contribution in [1.82, 2.24) is 5.32 Å². The fourth-order valence-electron chi connectivity index (χ4n) is 0.570. The summed E-state index contributed by atoms with van der Waals surface area (Å²) in [5, 5.41) is 2.58. The van der Waals surface area contributed by atoms with Gasteiger partial charge >= 0.3 is 0 Å². The average molecular weight is 176 g/mol. The van der Waals surface area contributed by atoms with Gasteiger partial charge in [0.1, 0.15) is 6.61 Å². The summed E-state index contributed by atoms with van der Waals surface area (Å²) >= 11 is 0. The minimum absolute atomic E-state index is 0.0728. The van der Waals surface area contributed by atoms with E-state index in [2.05, 4.69) is 5.32 Å². The first-order chi connectivity index (χ1) is 5.81. The van der Waals surface area contributed by atoms with Gasteiger partial charge < -0.3 is 20.5 Å². The summed E-state index contributed by atoms with van der Waals surface area (Å²) in [5.74, 6) is -0.142. The first-order valence-corrected chi connectivity index (χ1v) is 3.84. The van der Waals surface area contributed by atoms with E-state index < -0.39 is 0 Å². The van der Waals surface area contributed by atoms with Crippen LogP contribution >= 0.6 is 0 Å². The van der Waals surface area contributed by atoms with Crippen LogP contribution in [0.1, 0.15) is 0 Å². The lowest BCUT2D eigenvalue weighted by Crippen LogP contribution is -2.32. The van der Waals surface area contributed by atoms with E-state index in [1.165, 1.54) is 0 Å². The second-order valence-corrected chi connectivity index (χ2v) is 2.18. The van der Waals surface area contributed by atoms with Gasteiger partial charge in [-0.2, -0.15) is 0 Å². The Hall–Kier alpha value is -0.650. The maximum absolute atomic E-state index is 10.8. The average Bonchev–Trinajstić information content (AvgIpc) is 2.09. The highest BCUT2D eigenvalue weighted by molar-refractivity contribution is 5.77. The number of amides is 1. The molecule has 0 aliphatic carbocycles. The molecule has 0 atom stereocenters. The zero-order chi connectivity index (χ0) is 9.23. The van der Waals surface area contributed by atoms with Crippen molar-refractivity contribution in [2.75, 3.05) is 40.0 Å². The van der Waals surface area contributed by atoms with E-state index in [1.807, 2.05) is 0 Å². The van der Waals surface area contributed by atoms with E-state index in [0.717, 1.165) is 0 Å². The standard InChI is InChI=1S/C7H16N2O3/c1-11-4-5-12-6-7(10)9-3-2-8/h2-6,8H2,1H3,(H,9,10). The van der Waals surface area contributed by atoms with Gasteiger partial charge in [-0.3, -0.25) is 4.79 Å². The van der Waals surface area contributed by atoms with Gasteiger partial charge in [-0.1, -0.05) is 0 Å². The number of methoxy groups -OCH3 is 1. The van der Waals surface area contributed by atoms with Crippen molar-refractivity contribution in [2.24, 2.45) is 5.73 Å². The molecule has 1 amide bonds. The molecule has 0 saturated heterocycles. The van der Waals surface area contributed by atoms with Crippen LogP contribution in [0, 0.1) is 0 Å². The Bertz CT molecular complexity index is 119. The van der Waals surface area contributed by atoms with Crippen molar-refractivity contribution in [3.8, 4) is 0 Å². The lowest BCUT2D eigenvalue weighted by atomic mass is 10.5. The van der Waals surface area contributed by atoms with E-state index in [0.29, 0.717) is 26.3 Å². The normalized spacial score (nSPS) is 9.83. The summed E-state index contributed by atoms with van der Waals surface area (Å²) < 4.78 is 9.68. The molecule has 0 aromatic carbocycles. The smallest absolute Gasteiger partial charge is 0.246 e. The Kier molecular flexibility index (Phi) is 7.99. The molecule has 0 aromatic rings. The van der Waals surface area contributed by atoms with Gasteiger partial charge in [-0.05, 0) is 0 Å². The van der Waals surface area contributed by atoms with Crippen molar-refractivity contribution in [2.45, 2.75) is 0 Å². The molecule has 0 spiro atoms. The predicted molar refractivity (Wildman–Crippen MR) is 44.8 cm³/mol. The lowest BCUT2D eigenvalue weighted by molar-refractivity contribution is -0.126.